The Hall–Kier alpha value is -0.610. The van der Waals surface area contributed by atoms with E-state index in [9.17, 15) is 4.79 Å². The summed E-state index contributed by atoms with van der Waals surface area (Å²) in [6.07, 6.45) is 1.41. The van der Waals surface area contributed by atoms with Crippen molar-refractivity contribution in [1.82, 2.24) is 10.2 Å². The molecule has 0 aliphatic carbocycles. The van der Waals surface area contributed by atoms with Crippen molar-refractivity contribution < 1.29 is 9.90 Å². The van der Waals surface area contributed by atoms with Gasteiger partial charge in [-0.05, 0) is 20.0 Å². The summed E-state index contributed by atoms with van der Waals surface area (Å²) in [7, 11) is 3.57. The molecule has 0 radical (unpaired) electrons. The van der Waals surface area contributed by atoms with Gasteiger partial charge in [0.25, 0.3) is 0 Å². The fourth-order valence-electron chi connectivity index (χ4n) is 0.917. The van der Waals surface area contributed by atoms with Gasteiger partial charge in [0, 0.05) is 20.0 Å². The summed E-state index contributed by atoms with van der Waals surface area (Å²) in [6.45, 7) is 1.71. The van der Waals surface area contributed by atoms with Crippen LogP contribution in [0.15, 0.2) is 0 Å². The maximum absolute atomic E-state index is 10.8. The lowest BCUT2D eigenvalue weighted by molar-refractivity contribution is -0.120. The molecule has 4 heteroatoms. The second kappa shape index (κ2) is 7.06. The van der Waals surface area contributed by atoms with Crippen molar-refractivity contribution >= 4 is 5.91 Å². The number of amides is 1. The van der Waals surface area contributed by atoms with E-state index in [2.05, 4.69) is 5.32 Å². The molecule has 0 saturated carbocycles. The van der Waals surface area contributed by atoms with Crippen LogP contribution >= 0.6 is 0 Å². The van der Waals surface area contributed by atoms with Gasteiger partial charge in [-0.25, -0.2) is 0 Å². The molecule has 12 heavy (non-hydrogen) atoms. The van der Waals surface area contributed by atoms with Crippen LogP contribution in [0.4, 0.5) is 0 Å². The normalized spacial score (nSPS) is 10.3. The number of carbonyl (C=O) groups excluding carboxylic acids is 1. The first-order chi connectivity index (χ1) is 5.70. The number of aliphatic hydroxyl groups is 1. The lowest BCUT2D eigenvalue weighted by Gasteiger charge is -2.13. The Labute approximate surface area is 73.6 Å². The molecule has 0 heterocycles. The number of likely N-dealkylation sites (N-methyl/N-ethyl adjacent to an activating group) is 1. The molecule has 0 spiro atoms. The number of nitrogens with zero attached hydrogens (tertiary/aromatic N) is 1. The standard InChI is InChI=1S/C8H18N2O2/c1-9-8(12)4-3-5-10(2)6-7-11/h11H,3-7H2,1-2H3,(H,9,12). The number of hydrogen-bond donors (Lipinski definition) is 2. The van der Waals surface area contributed by atoms with Gasteiger partial charge >= 0.3 is 0 Å². The molecule has 0 saturated heterocycles. The zero-order chi connectivity index (χ0) is 9.40. The average molecular weight is 174 g/mol. The smallest absolute Gasteiger partial charge is 0.219 e. The highest BCUT2D eigenvalue weighted by atomic mass is 16.3. The van der Waals surface area contributed by atoms with E-state index in [4.69, 9.17) is 5.11 Å². The van der Waals surface area contributed by atoms with Crippen molar-refractivity contribution in [3.8, 4) is 0 Å². The van der Waals surface area contributed by atoms with Crippen LogP contribution in [-0.4, -0.2) is 49.7 Å². The van der Waals surface area contributed by atoms with Gasteiger partial charge in [-0.3, -0.25) is 4.79 Å². The molecule has 0 aromatic carbocycles. The Kier molecular flexibility index (Phi) is 6.70. The zero-order valence-electron chi connectivity index (χ0n) is 7.84. The van der Waals surface area contributed by atoms with E-state index >= 15 is 0 Å². The van der Waals surface area contributed by atoms with Crippen LogP contribution in [0.1, 0.15) is 12.8 Å². The molecule has 0 atom stereocenters. The predicted octanol–water partition coefficient (Wildman–Crippen LogP) is -0.563. The first-order valence-corrected chi connectivity index (χ1v) is 4.20. The van der Waals surface area contributed by atoms with Crippen LogP contribution in [0.5, 0.6) is 0 Å². The molecule has 0 unspecified atom stereocenters. The van der Waals surface area contributed by atoms with Gasteiger partial charge < -0.3 is 15.3 Å². The van der Waals surface area contributed by atoms with E-state index in [0.29, 0.717) is 13.0 Å². The second-order valence-electron chi connectivity index (χ2n) is 2.80. The van der Waals surface area contributed by atoms with Crippen molar-refractivity contribution in [1.29, 1.82) is 0 Å². The third-order valence-electron chi connectivity index (χ3n) is 1.70. The molecule has 0 aliphatic rings. The maximum Gasteiger partial charge on any atom is 0.219 e. The Morgan fingerprint density at radius 1 is 1.50 bits per heavy atom. The molecular weight excluding hydrogens is 156 g/mol. The molecule has 0 bridgehead atoms. The second-order valence-corrected chi connectivity index (χ2v) is 2.80. The lowest BCUT2D eigenvalue weighted by atomic mass is 10.3. The van der Waals surface area contributed by atoms with Crippen LogP contribution in [0, 0.1) is 0 Å². The summed E-state index contributed by atoms with van der Waals surface area (Å²) >= 11 is 0. The molecule has 0 fully saturated rings. The van der Waals surface area contributed by atoms with Crippen LogP contribution in [0.25, 0.3) is 0 Å². The SMILES string of the molecule is CNC(=O)CCCN(C)CCO. The van der Waals surface area contributed by atoms with E-state index in [0.717, 1.165) is 13.0 Å². The summed E-state index contributed by atoms with van der Waals surface area (Å²) in [5, 5.41) is 11.1. The van der Waals surface area contributed by atoms with E-state index in [-0.39, 0.29) is 12.5 Å². The molecule has 0 aromatic rings. The summed E-state index contributed by atoms with van der Waals surface area (Å²) in [4.78, 5) is 12.8. The topological polar surface area (TPSA) is 52.6 Å². The van der Waals surface area contributed by atoms with E-state index < -0.39 is 0 Å². The Morgan fingerprint density at radius 3 is 2.67 bits per heavy atom. The van der Waals surface area contributed by atoms with E-state index in [1.165, 1.54) is 0 Å². The summed E-state index contributed by atoms with van der Waals surface area (Å²) in [5.74, 6) is 0.0763. The molecular formula is C8H18N2O2. The van der Waals surface area contributed by atoms with Crippen LogP contribution in [-0.2, 0) is 4.79 Å². The molecule has 1 amide bonds. The molecule has 72 valence electrons. The molecule has 0 aliphatic heterocycles. The van der Waals surface area contributed by atoms with Crippen molar-refractivity contribution in [2.24, 2.45) is 0 Å². The van der Waals surface area contributed by atoms with Crippen molar-refractivity contribution in [2.75, 3.05) is 33.8 Å². The number of rotatable bonds is 6. The minimum Gasteiger partial charge on any atom is -0.395 e. The van der Waals surface area contributed by atoms with Gasteiger partial charge in [-0.2, -0.15) is 0 Å². The largest absolute Gasteiger partial charge is 0.395 e. The highest BCUT2D eigenvalue weighted by Gasteiger charge is 2.00. The van der Waals surface area contributed by atoms with Crippen molar-refractivity contribution in [2.45, 2.75) is 12.8 Å². The van der Waals surface area contributed by atoms with Crippen LogP contribution in [0.3, 0.4) is 0 Å². The molecule has 0 aromatic heterocycles. The predicted molar refractivity (Wildman–Crippen MR) is 47.9 cm³/mol. The van der Waals surface area contributed by atoms with Gasteiger partial charge in [0.1, 0.15) is 0 Å². The minimum atomic E-state index is 0.0763. The molecule has 4 nitrogen and oxygen atoms in total. The van der Waals surface area contributed by atoms with Gasteiger partial charge in [0.2, 0.25) is 5.91 Å². The number of nitrogens with one attached hydrogen (secondary N) is 1. The summed E-state index contributed by atoms with van der Waals surface area (Å²) < 4.78 is 0. The first-order valence-electron chi connectivity index (χ1n) is 4.20. The quantitative estimate of drug-likeness (QED) is 0.567. The molecule has 0 rings (SSSR count). The lowest BCUT2D eigenvalue weighted by Crippen LogP contribution is -2.25. The monoisotopic (exact) mass is 174 g/mol. The minimum absolute atomic E-state index is 0.0763. The van der Waals surface area contributed by atoms with Gasteiger partial charge in [0.05, 0.1) is 6.61 Å². The number of hydrogen-bond acceptors (Lipinski definition) is 3. The Morgan fingerprint density at radius 2 is 2.17 bits per heavy atom. The Balaban J connectivity index is 3.24. The fourth-order valence-corrected chi connectivity index (χ4v) is 0.917. The highest BCUT2D eigenvalue weighted by molar-refractivity contribution is 5.75. The number of carbonyl (C=O) groups is 1. The summed E-state index contributed by atoms with van der Waals surface area (Å²) in [6, 6.07) is 0. The third-order valence-corrected chi connectivity index (χ3v) is 1.70. The van der Waals surface area contributed by atoms with Gasteiger partial charge in [-0.15, -0.1) is 0 Å². The van der Waals surface area contributed by atoms with Gasteiger partial charge in [-0.1, -0.05) is 0 Å². The van der Waals surface area contributed by atoms with Crippen LogP contribution < -0.4 is 5.32 Å². The van der Waals surface area contributed by atoms with Crippen molar-refractivity contribution in [3.05, 3.63) is 0 Å². The third kappa shape index (κ3) is 6.12. The average Bonchev–Trinajstić information content (AvgIpc) is 2.04. The Bertz CT molecular complexity index is 128. The van der Waals surface area contributed by atoms with Crippen molar-refractivity contribution in [3.63, 3.8) is 0 Å². The summed E-state index contributed by atoms with van der Waals surface area (Å²) in [5.41, 5.74) is 0. The van der Waals surface area contributed by atoms with E-state index in [1.807, 2.05) is 11.9 Å². The zero-order valence-corrected chi connectivity index (χ0v) is 7.84. The fraction of sp³-hybridized carbons (Fsp3) is 0.875. The highest BCUT2D eigenvalue weighted by Crippen LogP contribution is 1.91. The molecule has 2 N–H and O–H groups in total. The van der Waals surface area contributed by atoms with E-state index in [1.54, 1.807) is 7.05 Å². The number of aliphatic hydroxyl groups excluding tert-OH is 1. The van der Waals surface area contributed by atoms with Gasteiger partial charge in [0.15, 0.2) is 0 Å². The maximum atomic E-state index is 10.8. The van der Waals surface area contributed by atoms with Crippen LogP contribution in [0.2, 0.25) is 0 Å². The first kappa shape index (κ1) is 11.4.